The molecule has 0 atom stereocenters. The zero-order chi connectivity index (χ0) is 23.7. The molecule has 0 saturated heterocycles. The van der Waals surface area contributed by atoms with Crippen molar-refractivity contribution < 1.29 is 13.6 Å². The lowest BCUT2D eigenvalue weighted by Crippen LogP contribution is -2.23. The van der Waals surface area contributed by atoms with E-state index in [1.165, 1.54) is 134 Å². The standard InChI is InChI=1S/C30H48O3P2/c1-5-14-25(15-6-1)32-35(33-26-16-7-2-8-17-26)30-23-13-18-27(24-30)31-34(28-19-9-3-10-20-28)29-21-11-4-12-22-29/h13,18,23-26,28-29H,1-12,14-17,19-22H2. The summed E-state index contributed by atoms with van der Waals surface area (Å²) in [5.41, 5.74) is 1.59. The van der Waals surface area contributed by atoms with Gasteiger partial charge in [-0.2, -0.15) is 0 Å². The van der Waals surface area contributed by atoms with Crippen LogP contribution in [0, 0.1) is 0 Å². The Bertz CT molecular complexity index is 697. The molecule has 1 aromatic rings. The second-order valence-corrected chi connectivity index (χ2v) is 15.3. The maximum absolute atomic E-state index is 7.03. The van der Waals surface area contributed by atoms with Crippen molar-refractivity contribution >= 4 is 21.8 Å². The van der Waals surface area contributed by atoms with Crippen molar-refractivity contribution in [1.82, 2.24) is 0 Å². The van der Waals surface area contributed by atoms with Gasteiger partial charge in [-0.15, -0.1) is 0 Å². The highest BCUT2D eigenvalue weighted by Crippen LogP contribution is 2.56. The first-order valence-corrected chi connectivity index (χ1v) is 17.6. The first-order valence-electron chi connectivity index (χ1n) is 15.1. The van der Waals surface area contributed by atoms with Crippen LogP contribution in [0.25, 0.3) is 0 Å². The first-order chi connectivity index (χ1) is 17.3. The van der Waals surface area contributed by atoms with Gasteiger partial charge in [-0.05, 0) is 69.6 Å². The van der Waals surface area contributed by atoms with Crippen molar-refractivity contribution in [2.45, 2.75) is 152 Å². The molecule has 0 aromatic heterocycles. The van der Waals surface area contributed by atoms with Gasteiger partial charge in [0.25, 0.3) is 0 Å². The quantitative estimate of drug-likeness (QED) is 0.305. The van der Waals surface area contributed by atoms with E-state index in [0.29, 0.717) is 12.2 Å². The molecule has 5 rings (SSSR count). The third kappa shape index (κ3) is 7.89. The zero-order valence-electron chi connectivity index (χ0n) is 21.9. The van der Waals surface area contributed by atoms with Gasteiger partial charge in [0.2, 0.25) is 8.38 Å². The topological polar surface area (TPSA) is 27.7 Å². The third-order valence-electron chi connectivity index (χ3n) is 8.70. The number of hydrogen-bond acceptors (Lipinski definition) is 3. The maximum Gasteiger partial charge on any atom is 0.205 e. The molecule has 4 aliphatic carbocycles. The highest BCUT2D eigenvalue weighted by atomic mass is 31.2. The summed E-state index contributed by atoms with van der Waals surface area (Å²) in [7, 11) is -1.46. The van der Waals surface area contributed by atoms with Crippen molar-refractivity contribution in [2.24, 2.45) is 0 Å². The van der Waals surface area contributed by atoms with E-state index in [2.05, 4.69) is 24.3 Å². The Labute approximate surface area is 217 Å². The van der Waals surface area contributed by atoms with Gasteiger partial charge in [-0.3, -0.25) is 0 Å². The van der Waals surface area contributed by atoms with Crippen LogP contribution in [0.2, 0.25) is 0 Å². The van der Waals surface area contributed by atoms with E-state index < -0.39 is 16.5 Å². The number of rotatable bonds is 9. The molecule has 4 aliphatic rings. The Morgan fingerprint density at radius 1 is 0.543 bits per heavy atom. The Hall–Kier alpha value is -0.200. The molecule has 0 radical (unpaired) electrons. The molecule has 0 N–H and O–H groups in total. The summed E-state index contributed by atoms with van der Waals surface area (Å²) in [6.45, 7) is 0. The van der Waals surface area contributed by atoms with E-state index in [9.17, 15) is 0 Å². The van der Waals surface area contributed by atoms with Crippen LogP contribution in [0.3, 0.4) is 0 Å². The molecule has 1 aromatic carbocycles. The second-order valence-electron chi connectivity index (χ2n) is 11.5. The lowest BCUT2D eigenvalue weighted by molar-refractivity contribution is 0.107. The molecule has 4 fully saturated rings. The van der Waals surface area contributed by atoms with Gasteiger partial charge in [0.05, 0.1) is 20.4 Å². The lowest BCUT2D eigenvalue weighted by Gasteiger charge is -2.37. The maximum atomic E-state index is 7.03. The molecule has 0 aliphatic heterocycles. The fourth-order valence-electron chi connectivity index (χ4n) is 6.65. The molecular formula is C30H48O3P2. The van der Waals surface area contributed by atoms with E-state index in [0.717, 1.165) is 17.1 Å². The van der Waals surface area contributed by atoms with Gasteiger partial charge >= 0.3 is 0 Å². The molecule has 0 amide bonds. The van der Waals surface area contributed by atoms with Crippen LogP contribution in [0.4, 0.5) is 0 Å². The molecule has 3 nitrogen and oxygen atoms in total. The van der Waals surface area contributed by atoms with Crippen LogP contribution in [0.15, 0.2) is 24.3 Å². The minimum atomic E-state index is -1.04. The van der Waals surface area contributed by atoms with E-state index in [1.807, 2.05) is 0 Å². The van der Waals surface area contributed by atoms with Gasteiger partial charge in [0.15, 0.2) is 0 Å². The van der Waals surface area contributed by atoms with E-state index in [1.54, 1.807) is 0 Å². The predicted octanol–water partition coefficient (Wildman–Crippen LogP) is 9.76. The fraction of sp³-hybridized carbons (Fsp3) is 0.800. The summed E-state index contributed by atoms with van der Waals surface area (Å²) in [4.78, 5) is 0. The molecule has 0 spiro atoms. The van der Waals surface area contributed by atoms with Crippen molar-refractivity contribution in [3.63, 3.8) is 0 Å². The van der Waals surface area contributed by atoms with Crippen LogP contribution in [-0.2, 0) is 9.05 Å². The number of hydrogen-bond donors (Lipinski definition) is 0. The van der Waals surface area contributed by atoms with Gasteiger partial charge in [-0.25, -0.2) is 0 Å². The normalized spacial score (nSPS) is 24.3. The van der Waals surface area contributed by atoms with Crippen LogP contribution in [0.1, 0.15) is 128 Å². The van der Waals surface area contributed by atoms with Crippen molar-refractivity contribution in [3.8, 4) is 5.75 Å². The largest absolute Gasteiger partial charge is 0.473 e. The highest BCUT2D eigenvalue weighted by molar-refractivity contribution is 7.56. The monoisotopic (exact) mass is 518 g/mol. The molecule has 0 bridgehead atoms. The Morgan fingerprint density at radius 3 is 1.49 bits per heavy atom. The second kappa shape index (κ2) is 14.1. The van der Waals surface area contributed by atoms with Crippen LogP contribution in [-0.4, -0.2) is 23.5 Å². The molecular weight excluding hydrogens is 470 g/mol. The van der Waals surface area contributed by atoms with E-state index in [4.69, 9.17) is 13.6 Å². The van der Waals surface area contributed by atoms with E-state index >= 15 is 0 Å². The van der Waals surface area contributed by atoms with Crippen LogP contribution in [0.5, 0.6) is 5.75 Å². The molecule has 0 heterocycles. The van der Waals surface area contributed by atoms with Crippen LogP contribution >= 0.6 is 16.5 Å². The molecule has 5 heteroatoms. The molecule has 35 heavy (non-hydrogen) atoms. The average Bonchev–Trinajstić information content (AvgIpc) is 2.94. The molecule has 4 saturated carbocycles. The molecule has 196 valence electrons. The summed E-state index contributed by atoms with van der Waals surface area (Å²) in [5.74, 6) is 1.08. The zero-order valence-corrected chi connectivity index (χ0v) is 23.7. The Morgan fingerprint density at radius 2 is 1.00 bits per heavy atom. The summed E-state index contributed by atoms with van der Waals surface area (Å²) in [5, 5.41) is 1.23. The Balaban J connectivity index is 1.32. The van der Waals surface area contributed by atoms with Gasteiger partial charge in [-0.1, -0.05) is 83.1 Å². The highest BCUT2D eigenvalue weighted by Gasteiger charge is 2.34. The fourth-order valence-corrected chi connectivity index (χ4v) is 11.3. The Kier molecular flexibility index (Phi) is 10.6. The van der Waals surface area contributed by atoms with E-state index in [-0.39, 0.29) is 0 Å². The van der Waals surface area contributed by atoms with Gasteiger partial charge in [0, 0.05) is 16.6 Å². The number of benzene rings is 1. The van der Waals surface area contributed by atoms with Gasteiger partial charge < -0.3 is 13.6 Å². The SMILES string of the molecule is c1cc(OP(C2CCCCC2)C2CCCCC2)cc(P(OC2CCCCC2)OC2CCCCC2)c1. The average molecular weight is 519 g/mol. The minimum Gasteiger partial charge on any atom is -0.473 e. The molecule has 0 unspecified atom stereocenters. The van der Waals surface area contributed by atoms with Crippen molar-refractivity contribution in [2.75, 3.05) is 0 Å². The summed E-state index contributed by atoms with van der Waals surface area (Å²) in [6.07, 6.45) is 27.4. The summed E-state index contributed by atoms with van der Waals surface area (Å²) >= 11 is 0. The van der Waals surface area contributed by atoms with Crippen molar-refractivity contribution in [3.05, 3.63) is 24.3 Å². The minimum absolute atomic E-state index is 0.365. The summed E-state index contributed by atoms with van der Waals surface area (Å²) in [6, 6.07) is 8.95. The lowest BCUT2D eigenvalue weighted by atomic mass is 9.98. The first kappa shape index (κ1) is 26.4. The predicted molar refractivity (Wildman–Crippen MR) is 150 cm³/mol. The van der Waals surface area contributed by atoms with Crippen molar-refractivity contribution in [1.29, 1.82) is 0 Å². The third-order valence-corrected chi connectivity index (χ3v) is 13.3. The van der Waals surface area contributed by atoms with Crippen LogP contribution < -0.4 is 9.83 Å². The smallest absolute Gasteiger partial charge is 0.205 e. The summed E-state index contributed by atoms with van der Waals surface area (Å²) < 4.78 is 20.6. The van der Waals surface area contributed by atoms with Gasteiger partial charge in [0.1, 0.15) is 5.75 Å².